The van der Waals surface area contributed by atoms with Crippen LogP contribution in [0.2, 0.25) is 0 Å². The van der Waals surface area contributed by atoms with Gasteiger partial charge in [-0.3, -0.25) is 9.20 Å². The molecule has 0 aliphatic rings. The van der Waals surface area contributed by atoms with Crippen molar-refractivity contribution < 1.29 is 4.79 Å². The lowest BCUT2D eigenvalue weighted by molar-refractivity contribution is -0.113. The van der Waals surface area contributed by atoms with Crippen molar-refractivity contribution in [3.8, 4) is 0 Å². The van der Waals surface area contributed by atoms with E-state index in [1.165, 1.54) is 11.8 Å². The molecule has 0 saturated heterocycles. The monoisotopic (exact) mass is 377 g/mol. The van der Waals surface area contributed by atoms with E-state index in [2.05, 4.69) is 15.5 Å². The summed E-state index contributed by atoms with van der Waals surface area (Å²) in [5.41, 5.74) is 4.39. The van der Waals surface area contributed by atoms with Crippen LogP contribution in [0.1, 0.15) is 18.3 Å². The Morgan fingerprint density at radius 3 is 2.70 bits per heavy atom. The van der Waals surface area contributed by atoms with Gasteiger partial charge in [0.05, 0.1) is 16.8 Å². The Morgan fingerprint density at radius 2 is 1.89 bits per heavy atom. The first-order valence-electron chi connectivity index (χ1n) is 8.78. The number of nitrogens with one attached hydrogen (secondary N) is 1. The van der Waals surface area contributed by atoms with Crippen LogP contribution in [-0.4, -0.2) is 31.2 Å². The number of hydrogen-bond acceptors (Lipinski definition) is 5. The van der Waals surface area contributed by atoms with Crippen LogP contribution in [0.15, 0.2) is 53.6 Å². The van der Waals surface area contributed by atoms with Gasteiger partial charge >= 0.3 is 0 Å². The Labute approximate surface area is 161 Å². The molecule has 1 N–H and O–H groups in total. The van der Waals surface area contributed by atoms with Gasteiger partial charge < -0.3 is 5.32 Å². The number of hydrogen-bond donors (Lipinski definition) is 1. The zero-order chi connectivity index (χ0) is 18.8. The number of fused-ring (bicyclic) bond motifs is 3. The van der Waals surface area contributed by atoms with Gasteiger partial charge in [-0.25, -0.2) is 4.98 Å². The second-order valence-corrected chi connectivity index (χ2v) is 7.15. The van der Waals surface area contributed by atoms with Crippen molar-refractivity contribution in [3.05, 3.63) is 59.9 Å². The molecule has 7 heteroatoms. The number of aromatic nitrogens is 4. The minimum absolute atomic E-state index is 0.0716. The van der Waals surface area contributed by atoms with Crippen molar-refractivity contribution in [2.24, 2.45) is 0 Å². The number of nitrogens with zero attached hydrogens (tertiary/aromatic N) is 4. The van der Waals surface area contributed by atoms with E-state index >= 15 is 0 Å². The van der Waals surface area contributed by atoms with Crippen LogP contribution < -0.4 is 5.32 Å². The molecule has 0 radical (unpaired) electrons. The summed E-state index contributed by atoms with van der Waals surface area (Å²) in [6.07, 6.45) is 0.771. The molecule has 0 unspecified atom stereocenters. The molecule has 27 heavy (non-hydrogen) atoms. The van der Waals surface area contributed by atoms with Crippen LogP contribution in [0.25, 0.3) is 16.7 Å². The SMILES string of the molecule is CCc1nnc2c(SCC(=O)Nc3ccccc3C)nc3ccccc3n12. The van der Waals surface area contributed by atoms with Gasteiger partial charge in [-0.1, -0.05) is 49.0 Å². The molecular formula is C20H19N5OS. The smallest absolute Gasteiger partial charge is 0.234 e. The Bertz CT molecular complexity index is 1140. The lowest BCUT2D eigenvalue weighted by atomic mass is 10.2. The molecular weight excluding hydrogens is 358 g/mol. The van der Waals surface area contributed by atoms with Crippen molar-refractivity contribution in [1.82, 2.24) is 19.6 Å². The molecule has 0 aliphatic carbocycles. The van der Waals surface area contributed by atoms with Crippen molar-refractivity contribution in [2.75, 3.05) is 11.1 Å². The van der Waals surface area contributed by atoms with Crippen molar-refractivity contribution in [1.29, 1.82) is 0 Å². The van der Waals surface area contributed by atoms with Crippen LogP contribution in [0.4, 0.5) is 5.69 Å². The van der Waals surface area contributed by atoms with Gasteiger partial charge in [-0.15, -0.1) is 10.2 Å². The summed E-state index contributed by atoms with van der Waals surface area (Å²) in [5.74, 6) is 1.07. The number of anilines is 1. The summed E-state index contributed by atoms with van der Waals surface area (Å²) in [4.78, 5) is 17.1. The molecule has 136 valence electrons. The highest BCUT2D eigenvalue weighted by Crippen LogP contribution is 2.26. The predicted molar refractivity (Wildman–Crippen MR) is 108 cm³/mol. The molecule has 0 atom stereocenters. The fourth-order valence-corrected chi connectivity index (χ4v) is 3.74. The molecule has 4 rings (SSSR count). The highest BCUT2D eigenvalue weighted by Gasteiger charge is 2.15. The second-order valence-electron chi connectivity index (χ2n) is 6.19. The maximum absolute atomic E-state index is 12.4. The van der Waals surface area contributed by atoms with Crippen LogP contribution in [0, 0.1) is 6.92 Å². The summed E-state index contributed by atoms with van der Waals surface area (Å²) in [7, 11) is 0. The van der Waals surface area contributed by atoms with E-state index in [1.54, 1.807) is 0 Å². The molecule has 0 aliphatic heterocycles. The fraction of sp³-hybridized carbons (Fsp3) is 0.200. The number of amides is 1. The maximum Gasteiger partial charge on any atom is 0.234 e. The third-order valence-electron chi connectivity index (χ3n) is 4.34. The van der Waals surface area contributed by atoms with Crippen LogP contribution in [0.3, 0.4) is 0 Å². The summed E-state index contributed by atoms with van der Waals surface area (Å²) >= 11 is 1.38. The predicted octanol–water partition coefficient (Wildman–Crippen LogP) is 3.88. The number of para-hydroxylation sites is 3. The van der Waals surface area contributed by atoms with Crippen LogP contribution in [0.5, 0.6) is 0 Å². The standard InChI is InChI=1S/C20H19N5OS/c1-3-17-23-24-19-20(22-15-10-6-7-11-16(15)25(17)19)27-12-18(26)21-14-9-5-4-8-13(14)2/h4-11H,3,12H2,1-2H3,(H,21,26). The highest BCUT2D eigenvalue weighted by molar-refractivity contribution is 8.00. The number of carbonyl (C=O) groups is 1. The Morgan fingerprint density at radius 1 is 1.11 bits per heavy atom. The molecule has 2 heterocycles. The van der Waals surface area contributed by atoms with Gasteiger partial charge in [0.25, 0.3) is 0 Å². The van der Waals surface area contributed by atoms with Gasteiger partial charge in [0.2, 0.25) is 5.91 Å². The summed E-state index contributed by atoms with van der Waals surface area (Å²) in [6, 6.07) is 15.6. The first-order valence-corrected chi connectivity index (χ1v) is 9.77. The van der Waals surface area contributed by atoms with E-state index in [4.69, 9.17) is 4.98 Å². The van der Waals surface area contributed by atoms with Gasteiger partial charge in [0, 0.05) is 12.1 Å². The highest BCUT2D eigenvalue weighted by atomic mass is 32.2. The van der Waals surface area contributed by atoms with Crippen LogP contribution >= 0.6 is 11.8 Å². The van der Waals surface area contributed by atoms with Crippen molar-refractivity contribution in [2.45, 2.75) is 25.3 Å². The topological polar surface area (TPSA) is 72.2 Å². The largest absolute Gasteiger partial charge is 0.325 e. The number of aryl methyl sites for hydroxylation is 2. The summed E-state index contributed by atoms with van der Waals surface area (Å²) < 4.78 is 2.03. The fourth-order valence-electron chi connectivity index (χ4n) is 2.97. The van der Waals surface area contributed by atoms with Crippen molar-refractivity contribution >= 4 is 40.0 Å². The first kappa shape index (κ1) is 17.5. The lowest BCUT2D eigenvalue weighted by Gasteiger charge is -2.09. The number of thioether (sulfide) groups is 1. The zero-order valence-corrected chi connectivity index (χ0v) is 16.0. The quantitative estimate of drug-likeness (QED) is 0.535. The molecule has 1 amide bonds. The molecule has 0 saturated carbocycles. The Kier molecular flexibility index (Phi) is 4.77. The zero-order valence-electron chi connectivity index (χ0n) is 15.1. The Hall–Kier alpha value is -2.93. The van der Waals surface area contributed by atoms with E-state index in [1.807, 2.05) is 66.8 Å². The van der Waals surface area contributed by atoms with Gasteiger partial charge in [-0.05, 0) is 30.7 Å². The molecule has 0 fully saturated rings. The minimum Gasteiger partial charge on any atom is -0.325 e. The minimum atomic E-state index is -0.0716. The van der Waals surface area contributed by atoms with Gasteiger partial charge in [0.15, 0.2) is 5.65 Å². The summed E-state index contributed by atoms with van der Waals surface area (Å²) in [5, 5.41) is 12.3. The maximum atomic E-state index is 12.4. The molecule has 4 aromatic rings. The molecule has 6 nitrogen and oxygen atoms in total. The third kappa shape index (κ3) is 3.38. The molecule has 0 bridgehead atoms. The molecule has 2 aromatic carbocycles. The van der Waals surface area contributed by atoms with Crippen molar-refractivity contribution in [3.63, 3.8) is 0 Å². The van der Waals surface area contributed by atoms with E-state index in [0.29, 0.717) is 10.7 Å². The summed E-state index contributed by atoms with van der Waals surface area (Å²) in [6.45, 7) is 4.02. The normalized spacial score (nSPS) is 11.2. The lowest BCUT2D eigenvalue weighted by Crippen LogP contribution is -2.15. The van der Waals surface area contributed by atoms with E-state index in [9.17, 15) is 4.79 Å². The number of benzene rings is 2. The van der Waals surface area contributed by atoms with Gasteiger partial charge in [0.1, 0.15) is 10.9 Å². The Balaban J connectivity index is 1.62. The number of carbonyl (C=O) groups excluding carboxylic acids is 1. The van der Waals surface area contributed by atoms with Crippen LogP contribution in [-0.2, 0) is 11.2 Å². The average molecular weight is 377 g/mol. The second kappa shape index (κ2) is 7.36. The van der Waals surface area contributed by atoms with E-state index < -0.39 is 0 Å². The molecule has 2 aromatic heterocycles. The first-order chi connectivity index (χ1) is 13.2. The van der Waals surface area contributed by atoms with E-state index in [-0.39, 0.29) is 11.7 Å². The molecule has 0 spiro atoms. The van der Waals surface area contributed by atoms with Gasteiger partial charge in [-0.2, -0.15) is 0 Å². The number of rotatable bonds is 5. The van der Waals surface area contributed by atoms with E-state index in [0.717, 1.165) is 34.5 Å². The third-order valence-corrected chi connectivity index (χ3v) is 5.30. The average Bonchev–Trinajstić information content (AvgIpc) is 3.12.